The Hall–Kier alpha value is -1.35. The van der Waals surface area contributed by atoms with Gasteiger partial charge in [-0.2, -0.15) is 0 Å². The van der Waals surface area contributed by atoms with Crippen LogP contribution in [0.5, 0.6) is 0 Å². The number of ether oxygens (including phenoxy) is 1. The Bertz CT molecular complexity index is 535. The maximum Gasteiger partial charge on any atom is 0.261 e. The van der Waals surface area contributed by atoms with Gasteiger partial charge in [-0.25, -0.2) is 0 Å². The van der Waals surface area contributed by atoms with E-state index in [1.54, 1.807) is 0 Å². The zero-order valence-electron chi connectivity index (χ0n) is 11.7. The number of amides is 1. The summed E-state index contributed by atoms with van der Waals surface area (Å²) in [5, 5.41) is 11.7. The predicted octanol–water partition coefficient (Wildman–Crippen LogP) is 1.56. The topological polar surface area (TPSA) is 58.6 Å². The summed E-state index contributed by atoms with van der Waals surface area (Å²) in [6.07, 6.45) is 0.998. The minimum atomic E-state index is -0.169. The molecule has 2 heterocycles. The highest BCUT2D eigenvalue weighted by molar-refractivity contribution is 7.14. The van der Waals surface area contributed by atoms with Gasteiger partial charge in [0.1, 0.15) is 6.61 Å². The lowest BCUT2D eigenvalue weighted by Gasteiger charge is -2.18. The second-order valence-corrected chi connectivity index (χ2v) is 6.02. The number of carbonyl (C=O) groups is 1. The highest BCUT2D eigenvalue weighted by atomic mass is 32.1. The van der Waals surface area contributed by atoms with E-state index in [-0.39, 0.29) is 18.6 Å². The van der Waals surface area contributed by atoms with E-state index < -0.39 is 0 Å². The number of aryl methyl sites for hydroxylation is 1. The van der Waals surface area contributed by atoms with Crippen LogP contribution < -0.4 is 5.32 Å². The van der Waals surface area contributed by atoms with Gasteiger partial charge in [0.2, 0.25) is 0 Å². The van der Waals surface area contributed by atoms with Crippen molar-refractivity contribution >= 4 is 17.2 Å². The molecule has 2 N–H and O–H groups in total. The van der Waals surface area contributed by atoms with Crippen molar-refractivity contribution in [2.24, 2.45) is 5.92 Å². The van der Waals surface area contributed by atoms with Crippen molar-refractivity contribution in [3.05, 3.63) is 21.4 Å². The van der Waals surface area contributed by atoms with Gasteiger partial charge >= 0.3 is 0 Å². The number of aliphatic hydroxyl groups excluding tert-OH is 1. The van der Waals surface area contributed by atoms with Crippen LogP contribution in [0.4, 0.5) is 0 Å². The van der Waals surface area contributed by atoms with Gasteiger partial charge in [-0.1, -0.05) is 11.8 Å². The van der Waals surface area contributed by atoms with E-state index in [1.165, 1.54) is 11.3 Å². The third-order valence-corrected chi connectivity index (χ3v) is 4.60. The van der Waals surface area contributed by atoms with Crippen LogP contribution in [0.25, 0.3) is 0 Å². The average Bonchev–Trinajstić information content (AvgIpc) is 3.06. The second kappa shape index (κ2) is 6.89. The van der Waals surface area contributed by atoms with E-state index in [2.05, 4.69) is 17.2 Å². The molecule has 0 radical (unpaired) electrons. The molecule has 0 spiro atoms. The summed E-state index contributed by atoms with van der Waals surface area (Å²) >= 11 is 1.36. The fourth-order valence-corrected chi connectivity index (χ4v) is 3.13. The van der Waals surface area contributed by atoms with E-state index in [9.17, 15) is 4.79 Å². The Balaban J connectivity index is 2.01. The van der Waals surface area contributed by atoms with Crippen molar-refractivity contribution in [2.45, 2.75) is 26.3 Å². The van der Waals surface area contributed by atoms with E-state index in [0.717, 1.165) is 30.1 Å². The van der Waals surface area contributed by atoms with Crippen LogP contribution in [-0.4, -0.2) is 36.9 Å². The molecule has 0 aliphatic carbocycles. The molecule has 0 bridgehead atoms. The molecule has 0 saturated carbocycles. The monoisotopic (exact) mass is 293 g/mol. The number of thiophene rings is 1. The largest absolute Gasteiger partial charge is 0.384 e. The summed E-state index contributed by atoms with van der Waals surface area (Å²) < 4.78 is 5.34. The van der Waals surface area contributed by atoms with Crippen molar-refractivity contribution < 1.29 is 14.6 Å². The van der Waals surface area contributed by atoms with Crippen molar-refractivity contribution in [3.8, 4) is 11.8 Å². The maximum absolute atomic E-state index is 12.2. The molecule has 1 aromatic heterocycles. The highest BCUT2D eigenvalue weighted by Gasteiger charge is 2.24. The molecular weight excluding hydrogens is 274 g/mol. The lowest BCUT2D eigenvalue weighted by atomic mass is 10.0. The first-order chi connectivity index (χ1) is 9.61. The van der Waals surface area contributed by atoms with Crippen LogP contribution in [0.1, 0.15) is 33.5 Å². The molecular formula is C15H19NO3S. The summed E-state index contributed by atoms with van der Waals surface area (Å²) in [5.74, 6) is 5.81. The number of nitrogens with one attached hydrogen (secondary N) is 1. The van der Waals surface area contributed by atoms with Gasteiger partial charge in [0.25, 0.3) is 5.91 Å². The molecule has 1 amide bonds. The van der Waals surface area contributed by atoms with Crippen LogP contribution in [0.3, 0.4) is 0 Å². The molecule has 0 aromatic carbocycles. The summed E-state index contributed by atoms with van der Waals surface area (Å²) in [5.41, 5.74) is 0.970. The molecule has 1 aromatic rings. The Kier molecular flexibility index (Phi) is 5.18. The summed E-state index contributed by atoms with van der Waals surface area (Å²) in [7, 11) is 0. The molecule has 108 valence electrons. The third-order valence-electron chi connectivity index (χ3n) is 3.45. The Labute approximate surface area is 123 Å². The quantitative estimate of drug-likeness (QED) is 0.832. The van der Waals surface area contributed by atoms with Crippen LogP contribution >= 0.6 is 11.3 Å². The van der Waals surface area contributed by atoms with E-state index in [0.29, 0.717) is 10.8 Å². The predicted molar refractivity (Wildman–Crippen MR) is 78.9 cm³/mol. The van der Waals surface area contributed by atoms with Crippen LogP contribution in [0, 0.1) is 24.7 Å². The molecule has 1 saturated heterocycles. The van der Waals surface area contributed by atoms with Crippen LogP contribution in [-0.2, 0) is 4.74 Å². The van der Waals surface area contributed by atoms with Crippen LogP contribution in [0.15, 0.2) is 6.07 Å². The zero-order chi connectivity index (χ0) is 14.5. The first-order valence-electron chi connectivity index (χ1n) is 6.70. The van der Waals surface area contributed by atoms with Gasteiger partial charge < -0.3 is 15.2 Å². The standard InChI is InChI=1S/C15H19NO3S/c1-10-8-14(20-13(10)4-3-6-17)15(18)16-11(2)12-5-7-19-9-12/h8,11-12,17H,5-7,9H2,1-2H3,(H,16,18). The smallest absolute Gasteiger partial charge is 0.261 e. The fraction of sp³-hybridized carbons (Fsp3) is 0.533. The number of hydrogen-bond acceptors (Lipinski definition) is 4. The molecule has 4 nitrogen and oxygen atoms in total. The number of hydrogen-bond donors (Lipinski definition) is 2. The Morgan fingerprint density at radius 3 is 3.15 bits per heavy atom. The minimum Gasteiger partial charge on any atom is -0.384 e. The van der Waals surface area contributed by atoms with Gasteiger partial charge in [0, 0.05) is 18.6 Å². The summed E-state index contributed by atoms with van der Waals surface area (Å²) in [4.78, 5) is 13.7. The zero-order valence-corrected chi connectivity index (χ0v) is 12.5. The van der Waals surface area contributed by atoms with Gasteiger partial charge in [0.05, 0.1) is 16.4 Å². The number of carbonyl (C=O) groups excluding carboxylic acids is 1. The van der Waals surface area contributed by atoms with Gasteiger partial charge in [-0.15, -0.1) is 11.3 Å². The molecule has 1 fully saturated rings. The van der Waals surface area contributed by atoms with Crippen molar-refractivity contribution in [1.82, 2.24) is 5.32 Å². The SMILES string of the molecule is Cc1cc(C(=O)NC(C)C2CCOC2)sc1C#CCO. The summed E-state index contributed by atoms with van der Waals surface area (Å²) in [6.45, 7) is 5.27. The third kappa shape index (κ3) is 3.60. The molecule has 2 atom stereocenters. The van der Waals surface area contributed by atoms with Gasteiger partial charge in [-0.05, 0) is 31.9 Å². The first kappa shape index (κ1) is 15.0. The molecule has 20 heavy (non-hydrogen) atoms. The highest BCUT2D eigenvalue weighted by Crippen LogP contribution is 2.22. The average molecular weight is 293 g/mol. The second-order valence-electron chi connectivity index (χ2n) is 4.97. The van der Waals surface area contributed by atoms with Crippen molar-refractivity contribution in [2.75, 3.05) is 19.8 Å². The Morgan fingerprint density at radius 1 is 1.70 bits per heavy atom. The maximum atomic E-state index is 12.2. The lowest BCUT2D eigenvalue weighted by molar-refractivity contribution is 0.0926. The van der Waals surface area contributed by atoms with Crippen LogP contribution in [0.2, 0.25) is 0 Å². The Morgan fingerprint density at radius 2 is 2.50 bits per heavy atom. The summed E-state index contributed by atoms with van der Waals surface area (Å²) in [6, 6.07) is 1.96. The number of aliphatic hydroxyl groups is 1. The minimum absolute atomic E-state index is 0.0606. The molecule has 2 rings (SSSR count). The first-order valence-corrected chi connectivity index (χ1v) is 7.52. The van der Waals surface area contributed by atoms with Gasteiger partial charge in [0.15, 0.2) is 0 Å². The number of rotatable bonds is 3. The van der Waals surface area contributed by atoms with Crippen molar-refractivity contribution in [1.29, 1.82) is 0 Å². The molecule has 5 heteroatoms. The van der Waals surface area contributed by atoms with Gasteiger partial charge in [-0.3, -0.25) is 4.79 Å². The lowest BCUT2D eigenvalue weighted by Crippen LogP contribution is -2.38. The molecule has 1 aliphatic heterocycles. The molecule has 2 unspecified atom stereocenters. The van der Waals surface area contributed by atoms with E-state index >= 15 is 0 Å². The fourth-order valence-electron chi connectivity index (χ4n) is 2.18. The molecule has 1 aliphatic rings. The van der Waals surface area contributed by atoms with E-state index in [1.807, 2.05) is 19.9 Å². The van der Waals surface area contributed by atoms with Crippen molar-refractivity contribution in [3.63, 3.8) is 0 Å². The van der Waals surface area contributed by atoms with E-state index in [4.69, 9.17) is 9.84 Å². The normalized spacial score (nSPS) is 19.2.